The van der Waals surface area contributed by atoms with Crippen LogP contribution in [0.4, 0.5) is 10.9 Å². The molecule has 2 N–H and O–H groups in total. The van der Waals surface area contributed by atoms with E-state index in [1.54, 1.807) is 34.9 Å². The molecule has 0 spiro atoms. The summed E-state index contributed by atoms with van der Waals surface area (Å²) in [7, 11) is 0. The van der Waals surface area contributed by atoms with Crippen LogP contribution in [-0.2, 0) is 6.42 Å². The molecule has 0 amide bonds. The number of hydrogen-bond acceptors (Lipinski definition) is 6. The maximum atomic E-state index is 11.9. The van der Waals surface area contributed by atoms with E-state index >= 15 is 0 Å². The summed E-state index contributed by atoms with van der Waals surface area (Å²) in [5.74, 6) is 0.443. The van der Waals surface area contributed by atoms with Crippen LogP contribution in [0.25, 0.3) is 10.4 Å². The number of pyridine rings is 1. The van der Waals surface area contributed by atoms with Crippen molar-refractivity contribution < 1.29 is 9.90 Å². The first-order valence-electron chi connectivity index (χ1n) is 10.0. The highest BCUT2D eigenvalue weighted by Crippen LogP contribution is 2.40. The number of carboxylic acids is 1. The van der Waals surface area contributed by atoms with Crippen LogP contribution in [0.3, 0.4) is 0 Å². The van der Waals surface area contributed by atoms with E-state index in [1.807, 2.05) is 17.5 Å². The third-order valence-corrected chi connectivity index (χ3v) is 7.14. The normalized spacial score (nSPS) is 14.6. The number of aromatic carboxylic acids is 1. The molecular formula is C22H25N3O2S2. The van der Waals surface area contributed by atoms with Crippen molar-refractivity contribution in [1.29, 1.82) is 0 Å². The fourth-order valence-electron chi connectivity index (χ4n) is 3.86. The first-order valence-corrected chi connectivity index (χ1v) is 11.7. The standard InChI is InChI=1S/C22H25N3O2S2/c1-13(2)10-18-19(14-6-3-4-7-14)24-22(29-18)25-20-16(21(26)27)11-15(12-23-20)17-8-5-9-28-17/h5,8-9,11-14H,3-4,6-7,10H2,1-2H3,(H,26,27)(H,23,24,25). The van der Waals surface area contributed by atoms with Crippen molar-refractivity contribution in [2.75, 3.05) is 5.32 Å². The number of hydrogen-bond donors (Lipinski definition) is 2. The van der Waals surface area contributed by atoms with Crippen LogP contribution in [0.15, 0.2) is 29.8 Å². The molecule has 0 aromatic carbocycles. The Morgan fingerprint density at radius 2 is 2.14 bits per heavy atom. The lowest BCUT2D eigenvalue weighted by Crippen LogP contribution is -2.05. The minimum Gasteiger partial charge on any atom is -0.478 e. The van der Waals surface area contributed by atoms with Gasteiger partial charge in [0.1, 0.15) is 11.4 Å². The van der Waals surface area contributed by atoms with Crippen molar-refractivity contribution in [2.24, 2.45) is 5.92 Å². The lowest BCUT2D eigenvalue weighted by Gasteiger charge is -2.10. The highest BCUT2D eigenvalue weighted by Gasteiger charge is 2.25. The second-order valence-electron chi connectivity index (χ2n) is 7.93. The highest BCUT2D eigenvalue weighted by atomic mass is 32.1. The largest absolute Gasteiger partial charge is 0.478 e. The molecule has 3 heterocycles. The fourth-order valence-corrected chi connectivity index (χ4v) is 5.83. The van der Waals surface area contributed by atoms with Crippen molar-refractivity contribution >= 4 is 39.6 Å². The number of thiophene rings is 1. The third kappa shape index (κ3) is 4.51. The predicted molar refractivity (Wildman–Crippen MR) is 120 cm³/mol. The minimum atomic E-state index is -0.992. The monoisotopic (exact) mass is 427 g/mol. The third-order valence-electron chi connectivity index (χ3n) is 5.21. The van der Waals surface area contributed by atoms with Gasteiger partial charge in [-0.05, 0) is 42.7 Å². The topological polar surface area (TPSA) is 75.1 Å². The lowest BCUT2D eigenvalue weighted by atomic mass is 9.99. The molecule has 4 rings (SSSR count). The second kappa shape index (κ2) is 8.63. The molecule has 5 nitrogen and oxygen atoms in total. The SMILES string of the molecule is CC(C)Cc1sc(Nc2ncc(-c3cccs3)cc2C(=O)O)nc1C1CCCC1. The molecule has 0 unspecified atom stereocenters. The van der Waals surface area contributed by atoms with Gasteiger partial charge in [-0.15, -0.1) is 22.7 Å². The van der Waals surface area contributed by atoms with Gasteiger partial charge >= 0.3 is 5.97 Å². The van der Waals surface area contributed by atoms with Gasteiger partial charge in [0.25, 0.3) is 0 Å². The number of carboxylic acid groups (broad SMARTS) is 1. The molecular weight excluding hydrogens is 402 g/mol. The van der Waals surface area contributed by atoms with E-state index in [2.05, 4.69) is 24.1 Å². The average Bonchev–Trinajstić information content (AvgIpc) is 3.43. The smallest absolute Gasteiger partial charge is 0.339 e. The first-order chi connectivity index (χ1) is 14.0. The fraction of sp³-hybridized carbons (Fsp3) is 0.409. The number of thiazole rings is 1. The Bertz CT molecular complexity index is 990. The Hall–Kier alpha value is -2.25. The van der Waals surface area contributed by atoms with Crippen molar-refractivity contribution in [3.05, 3.63) is 45.9 Å². The van der Waals surface area contributed by atoms with E-state index in [1.165, 1.54) is 36.3 Å². The molecule has 0 radical (unpaired) electrons. The van der Waals surface area contributed by atoms with Crippen molar-refractivity contribution in [3.63, 3.8) is 0 Å². The maximum absolute atomic E-state index is 11.9. The van der Waals surface area contributed by atoms with Crippen LogP contribution in [-0.4, -0.2) is 21.0 Å². The molecule has 3 aromatic heterocycles. The lowest BCUT2D eigenvalue weighted by molar-refractivity contribution is 0.0697. The molecule has 0 atom stereocenters. The molecule has 0 saturated heterocycles. The number of nitrogens with one attached hydrogen (secondary N) is 1. The van der Waals surface area contributed by atoms with Gasteiger partial charge < -0.3 is 10.4 Å². The van der Waals surface area contributed by atoms with Crippen LogP contribution >= 0.6 is 22.7 Å². The van der Waals surface area contributed by atoms with Gasteiger partial charge in [0.2, 0.25) is 0 Å². The summed E-state index contributed by atoms with van der Waals surface area (Å²) in [6.45, 7) is 4.44. The summed E-state index contributed by atoms with van der Waals surface area (Å²) in [4.78, 5) is 23.5. The van der Waals surface area contributed by atoms with Crippen molar-refractivity contribution in [1.82, 2.24) is 9.97 Å². The van der Waals surface area contributed by atoms with Crippen molar-refractivity contribution in [2.45, 2.75) is 51.9 Å². The molecule has 0 bridgehead atoms. The molecule has 1 saturated carbocycles. The predicted octanol–water partition coefficient (Wildman–Crippen LogP) is 6.56. The Morgan fingerprint density at radius 1 is 1.34 bits per heavy atom. The van der Waals surface area contributed by atoms with Gasteiger partial charge in [-0.2, -0.15) is 0 Å². The second-order valence-corrected chi connectivity index (χ2v) is 9.97. The zero-order chi connectivity index (χ0) is 20.4. The molecule has 0 aliphatic heterocycles. The Labute approximate surface area is 178 Å². The number of rotatable bonds is 7. The zero-order valence-corrected chi connectivity index (χ0v) is 18.3. The summed E-state index contributed by atoms with van der Waals surface area (Å²) < 4.78 is 0. The van der Waals surface area contributed by atoms with Crippen LogP contribution < -0.4 is 5.32 Å². The molecule has 1 aliphatic rings. The summed E-state index contributed by atoms with van der Waals surface area (Å²) in [6, 6.07) is 5.60. The molecule has 152 valence electrons. The molecule has 1 fully saturated rings. The maximum Gasteiger partial charge on any atom is 0.339 e. The Kier molecular flexibility index (Phi) is 5.96. The average molecular weight is 428 g/mol. The van der Waals surface area contributed by atoms with Crippen LogP contribution in [0.5, 0.6) is 0 Å². The van der Waals surface area contributed by atoms with Gasteiger partial charge in [0.15, 0.2) is 5.13 Å². The number of aromatic nitrogens is 2. The van der Waals surface area contributed by atoms with E-state index in [0.717, 1.165) is 22.0 Å². The van der Waals surface area contributed by atoms with Crippen LogP contribution in [0.1, 0.15) is 66.4 Å². The van der Waals surface area contributed by atoms with E-state index < -0.39 is 5.97 Å². The van der Waals surface area contributed by atoms with E-state index in [0.29, 0.717) is 17.7 Å². The number of nitrogens with zero attached hydrogens (tertiary/aromatic N) is 2. The van der Waals surface area contributed by atoms with Gasteiger partial charge in [0.05, 0.1) is 5.69 Å². The highest BCUT2D eigenvalue weighted by molar-refractivity contribution is 7.15. The quantitative estimate of drug-likeness (QED) is 0.446. The van der Waals surface area contributed by atoms with Crippen LogP contribution in [0, 0.1) is 5.92 Å². The zero-order valence-electron chi connectivity index (χ0n) is 16.6. The van der Waals surface area contributed by atoms with Gasteiger partial charge in [0, 0.05) is 27.4 Å². The van der Waals surface area contributed by atoms with Gasteiger partial charge in [-0.25, -0.2) is 14.8 Å². The van der Waals surface area contributed by atoms with Gasteiger partial charge in [-0.1, -0.05) is 32.8 Å². The summed E-state index contributed by atoms with van der Waals surface area (Å²) in [5.41, 5.74) is 2.18. The van der Waals surface area contributed by atoms with E-state index in [4.69, 9.17) is 4.98 Å². The Morgan fingerprint density at radius 3 is 2.79 bits per heavy atom. The Balaban J connectivity index is 1.65. The number of anilines is 2. The number of carbonyl (C=O) groups is 1. The summed E-state index contributed by atoms with van der Waals surface area (Å²) >= 11 is 3.21. The summed E-state index contributed by atoms with van der Waals surface area (Å²) in [5, 5.41) is 15.6. The van der Waals surface area contributed by atoms with Crippen LogP contribution in [0.2, 0.25) is 0 Å². The molecule has 29 heavy (non-hydrogen) atoms. The first kappa shape index (κ1) is 20.0. The van der Waals surface area contributed by atoms with Crippen molar-refractivity contribution in [3.8, 4) is 10.4 Å². The van der Waals surface area contributed by atoms with Gasteiger partial charge in [-0.3, -0.25) is 0 Å². The molecule has 7 heteroatoms. The van der Waals surface area contributed by atoms with E-state index in [9.17, 15) is 9.90 Å². The molecule has 3 aromatic rings. The molecule has 1 aliphatic carbocycles. The minimum absolute atomic E-state index is 0.166. The summed E-state index contributed by atoms with van der Waals surface area (Å²) in [6.07, 6.45) is 7.65. The van der Waals surface area contributed by atoms with E-state index in [-0.39, 0.29) is 5.56 Å².